The Hall–Kier alpha value is -0.820. The van der Waals surface area contributed by atoms with E-state index in [9.17, 15) is 0 Å². The molecule has 94 valence electrons. The van der Waals surface area contributed by atoms with Crippen LogP contribution in [0.25, 0.3) is 0 Å². The Labute approximate surface area is 106 Å². The number of hydrogen-bond donors (Lipinski definition) is 1. The second kappa shape index (κ2) is 4.81. The van der Waals surface area contributed by atoms with E-state index in [0.717, 1.165) is 12.6 Å². The lowest BCUT2D eigenvalue weighted by Crippen LogP contribution is -2.34. The van der Waals surface area contributed by atoms with E-state index in [0.29, 0.717) is 0 Å². The van der Waals surface area contributed by atoms with Crippen molar-refractivity contribution in [1.29, 1.82) is 0 Å². The minimum absolute atomic E-state index is 0.249. The standard InChI is InChI=1S/C16H25N/c1-12-8-9-14(16(2,3)4)10-13(12)11-17-15-6-5-7-15/h8-10,15,17H,5-7,11H2,1-4H3. The molecule has 1 fully saturated rings. The average molecular weight is 231 g/mol. The SMILES string of the molecule is Cc1ccc(C(C)(C)C)cc1CNC1CCC1. The first-order valence-corrected chi connectivity index (χ1v) is 6.80. The van der Waals surface area contributed by atoms with Gasteiger partial charge in [-0.15, -0.1) is 0 Å². The van der Waals surface area contributed by atoms with Gasteiger partial charge in [-0.3, -0.25) is 0 Å². The monoisotopic (exact) mass is 231 g/mol. The predicted molar refractivity (Wildman–Crippen MR) is 74.4 cm³/mol. The molecule has 0 saturated heterocycles. The van der Waals surface area contributed by atoms with Crippen LogP contribution in [0.3, 0.4) is 0 Å². The molecule has 1 aliphatic carbocycles. The molecule has 0 spiro atoms. The van der Waals surface area contributed by atoms with Crippen molar-refractivity contribution in [2.45, 2.75) is 65.0 Å². The summed E-state index contributed by atoms with van der Waals surface area (Å²) >= 11 is 0. The van der Waals surface area contributed by atoms with Crippen LogP contribution in [0.2, 0.25) is 0 Å². The van der Waals surface area contributed by atoms with Gasteiger partial charge in [0.15, 0.2) is 0 Å². The third-order valence-electron chi connectivity index (χ3n) is 3.90. The molecule has 0 amide bonds. The Balaban J connectivity index is 2.08. The molecule has 0 aromatic heterocycles. The molecule has 0 radical (unpaired) electrons. The van der Waals surface area contributed by atoms with Crippen molar-refractivity contribution in [2.75, 3.05) is 0 Å². The van der Waals surface area contributed by atoms with Crippen LogP contribution < -0.4 is 5.32 Å². The molecular formula is C16H25N. The van der Waals surface area contributed by atoms with Gasteiger partial charge in [0, 0.05) is 12.6 Å². The summed E-state index contributed by atoms with van der Waals surface area (Å²) in [7, 11) is 0. The third-order valence-corrected chi connectivity index (χ3v) is 3.90. The highest BCUT2D eigenvalue weighted by atomic mass is 14.9. The zero-order chi connectivity index (χ0) is 12.5. The minimum atomic E-state index is 0.249. The van der Waals surface area contributed by atoms with Gasteiger partial charge in [-0.1, -0.05) is 45.4 Å². The summed E-state index contributed by atoms with van der Waals surface area (Å²) in [6.07, 6.45) is 4.12. The second-order valence-electron chi connectivity index (χ2n) is 6.40. The molecule has 1 N–H and O–H groups in total. The molecule has 0 atom stereocenters. The second-order valence-corrected chi connectivity index (χ2v) is 6.40. The maximum atomic E-state index is 3.65. The van der Waals surface area contributed by atoms with Crippen molar-refractivity contribution < 1.29 is 0 Å². The summed E-state index contributed by atoms with van der Waals surface area (Å²) < 4.78 is 0. The lowest BCUT2D eigenvalue weighted by molar-refractivity contribution is 0.338. The highest BCUT2D eigenvalue weighted by Crippen LogP contribution is 2.25. The van der Waals surface area contributed by atoms with Gasteiger partial charge in [0.05, 0.1) is 0 Å². The molecule has 17 heavy (non-hydrogen) atoms. The Morgan fingerprint density at radius 1 is 1.24 bits per heavy atom. The van der Waals surface area contributed by atoms with Crippen LogP contribution in [0.15, 0.2) is 18.2 Å². The summed E-state index contributed by atoms with van der Waals surface area (Å²) in [4.78, 5) is 0. The fourth-order valence-electron chi connectivity index (χ4n) is 2.20. The van der Waals surface area contributed by atoms with Crippen LogP contribution in [-0.4, -0.2) is 6.04 Å². The van der Waals surface area contributed by atoms with E-state index in [2.05, 4.69) is 51.2 Å². The summed E-state index contributed by atoms with van der Waals surface area (Å²) in [5.41, 5.74) is 4.56. The highest BCUT2D eigenvalue weighted by molar-refractivity contribution is 5.34. The zero-order valence-electron chi connectivity index (χ0n) is 11.6. The van der Waals surface area contributed by atoms with Crippen LogP contribution >= 0.6 is 0 Å². The normalized spacial score (nSPS) is 16.9. The van der Waals surface area contributed by atoms with Crippen molar-refractivity contribution in [3.63, 3.8) is 0 Å². The maximum Gasteiger partial charge on any atom is 0.0210 e. The van der Waals surface area contributed by atoms with Crippen molar-refractivity contribution in [3.8, 4) is 0 Å². The highest BCUT2D eigenvalue weighted by Gasteiger charge is 2.18. The van der Waals surface area contributed by atoms with Crippen LogP contribution in [0.4, 0.5) is 0 Å². The molecule has 0 heterocycles. The topological polar surface area (TPSA) is 12.0 Å². The van der Waals surface area contributed by atoms with Crippen molar-refractivity contribution in [1.82, 2.24) is 5.32 Å². The molecule has 0 bridgehead atoms. The molecule has 0 unspecified atom stereocenters. The molecule has 1 aromatic rings. The Morgan fingerprint density at radius 3 is 2.47 bits per heavy atom. The van der Waals surface area contributed by atoms with Crippen LogP contribution in [0.1, 0.15) is 56.7 Å². The largest absolute Gasteiger partial charge is 0.310 e. The third kappa shape index (κ3) is 3.10. The Kier molecular flexibility index (Phi) is 3.58. The van der Waals surface area contributed by atoms with Gasteiger partial charge in [-0.2, -0.15) is 0 Å². The summed E-state index contributed by atoms with van der Waals surface area (Å²) in [5.74, 6) is 0. The summed E-state index contributed by atoms with van der Waals surface area (Å²) in [6.45, 7) is 10.1. The molecule has 1 heteroatoms. The molecule has 1 aliphatic rings. The van der Waals surface area contributed by atoms with Gasteiger partial charge in [0.2, 0.25) is 0 Å². The van der Waals surface area contributed by atoms with E-state index in [-0.39, 0.29) is 5.41 Å². The minimum Gasteiger partial charge on any atom is -0.310 e. The van der Waals surface area contributed by atoms with Gasteiger partial charge in [-0.25, -0.2) is 0 Å². The van der Waals surface area contributed by atoms with Gasteiger partial charge in [0.1, 0.15) is 0 Å². The lowest BCUT2D eigenvalue weighted by atomic mass is 9.85. The first-order valence-electron chi connectivity index (χ1n) is 6.80. The van der Waals surface area contributed by atoms with E-state index in [4.69, 9.17) is 0 Å². The van der Waals surface area contributed by atoms with E-state index < -0.39 is 0 Å². The summed E-state index contributed by atoms with van der Waals surface area (Å²) in [5, 5.41) is 3.65. The van der Waals surface area contributed by atoms with Gasteiger partial charge in [0.25, 0.3) is 0 Å². The summed E-state index contributed by atoms with van der Waals surface area (Å²) in [6, 6.07) is 7.68. The fraction of sp³-hybridized carbons (Fsp3) is 0.625. The van der Waals surface area contributed by atoms with Crippen LogP contribution in [-0.2, 0) is 12.0 Å². The first-order chi connectivity index (χ1) is 7.97. The van der Waals surface area contributed by atoms with Crippen molar-refractivity contribution in [2.24, 2.45) is 0 Å². The number of nitrogens with one attached hydrogen (secondary N) is 1. The van der Waals surface area contributed by atoms with Gasteiger partial charge < -0.3 is 5.32 Å². The first kappa shape index (κ1) is 12.6. The van der Waals surface area contributed by atoms with Crippen molar-refractivity contribution >= 4 is 0 Å². The molecule has 1 nitrogen and oxygen atoms in total. The van der Waals surface area contributed by atoms with Crippen LogP contribution in [0.5, 0.6) is 0 Å². The smallest absolute Gasteiger partial charge is 0.0210 e. The van der Waals surface area contributed by atoms with Gasteiger partial charge in [-0.05, 0) is 41.9 Å². The number of rotatable bonds is 3. The quantitative estimate of drug-likeness (QED) is 0.831. The predicted octanol–water partition coefficient (Wildman–Crippen LogP) is 3.93. The van der Waals surface area contributed by atoms with Crippen LogP contribution in [0, 0.1) is 6.92 Å². The molecular weight excluding hydrogens is 206 g/mol. The van der Waals surface area contributed by atoms with E-state index in [1.54, 1.807) is 0 Å². The molecule has 2 rings (SSSR count). The number of aryl methyl sites for hydroxylation is 1. The Morgan fingerprint density at radius 2 is 1.94 bits per heavy atom. The number of benzene rings is 1. The maximum absolute atomic E-state index is 3.65. The Bertz CT molecular complexity index is 383. The van der Waals surface area contributed by atoms with E-state index >= 15 is 0 Å². The lowest BCUT2D eigenvalue weighted by Gasteiger charge is -2.27. The fourth-order valence-corrected chi connectivity index (χ4v) is 2.20. The molecule has 0 aliphatic heterocycles. The van der Waals surface area contributed by atoms with Crippen molar-refractivity contribution in [3.05, 3.63) is 34.9 Å². The van der Waals surface area contributed by atoms with E-state index in [1.165, 1.54) is 36.0 Å². The molecule has 1 saturated carbocycles. The molecule has 1 aromatic carbocycles. The van der Waals surface area contributed by atoms with Gasteiger partial charge >= 0.3 is 0 Å². The zero-order valence-corrected chi connectivity index (χ0v) is 11.6. The average Bonchev–Trinajstić information content (AvgIpc) is 2.16. The van der Waals surface area contributed by atoms with E-state index in [1.807, 2.05) is 0 Å². The number of hydrogen-bond acceptors (Lipinski definition) is 1.